The molecule has 1 aromatic carbocycles. The highest BCUT2D eigenvalue weighted by atomic mass is 19.4. The molecule has 1 aliphatic rings. The lowest BCUT2D eigenvalue weighted by atomic mass is 10.1. The first-order chi connectivity index (χ1) is 8.38. The van der Waals surface area contributed by atoms with Gasteiger partial charge in [0.05, 0.1) is 12.2 Å². The third-order valence-corrected chi connectivity index (χ3v) is 2.62. The summed E-state index contributed by atoms with van der Waals surface area (Å²) in [6.07, 6.45) is -3.04. The summed E-state index contributed by atoms with van der Waals surface area (Å²) in [7, 11) is 0. The van der Waals surface area contributed by atoms with Crippen LogP contribution in [0.3, 0.4) is 0 Å². The topological polar surface area (TPSA) is 26.3 Å². The quantitative estimate of drug-likeness (QED) is 0.614. The number of halogens is 4. The molecule has 98 valence electrons. The first-order valence-electron chi connectivity index (χ1n) is 5.42. The fourth-order valence-corrected chi connectivity index (χ4v) is 1.42. The summed E-state index contributed by atoms with van der Waals surface area (Å²) in [5, 5.41) is 0. The average Bonchev–Trinajstić information content (AvgIpc) is 3.09. The van der Waals surface area contributed by atoms with E-state index >= 15 is 0 Å². The van der Waals surface area contributed by atoms with Crippen molar-refractivity contribution in [3.05, 3.63) is 29.6 Å². The smallest absolute Gasteiger partial charge is 0.454 e. The van der Waals surface area contributed by atoms with Gasteiger partial charge in [-0.3, -0.25) is 4.79 Å². The van der Waals surface area contributed by atoms with Crippen molar-refractivity contribution in [3.63, 3.8) is 0 Å². The number of hydrogen-bond donors (Lipinski definition) is 0. The van der Waals surface area contributed by atoms with E-state index in [0.717, 1.165) is 25.0 Å². The minimum atomic E-state index is -5.09. The van der Waals surface area contributed by atoms with Crippen LogP contribution in [0.25, 0.3) is 0 Å². The first-order valence-corrected chi connectivity index (χ1v) is 5.42. The fourth-order valence-electron chi connectivity index (χ4n) is 1.42. The van der Waals surface area contributed by atoms with Crippen LogP contribution in [0, 0.1) is 11.7 Å². The molecule has 0 bridgehead atoms. The van der Waals surface area contributed by atoms with Crippen molar-refractivity contribution in [3.8, 4) is 5.75 Å². The molecule has 0 heterocycles. The van der Waals surface area contributed by atoms with E-state index in [2.05, 4.69) is 0 Å². The molecule has 18 heavy (non-hydrogen) atoms. The number of ether oxygens (including phenoxy) is 1. The van der Waals surface area contributed by atoms with Gasteiger partial charge >= 0.3 is 6.18 Å². The Hall–Kier alpha value is -1.59. The van der Waals surface area contributed by atoms with Gasteiger partial charge in [0.15, 0.2) is 0 Å². The molecule has 0 radical (unpaired) electrons. The van der Waals surface area contributed by atoms with Crippen molar-refractivity contribution >= 4 is 5.78 Å². The van der Waals surface area contributed by atoms with E-state index in [0.29, 0.717) is 12.5 Å². The molecule has 0 aliphatic heterocycles. The van der Waals surface area contributed by atoms with Crippen LogP contribution in [0.2, 0.25) is 0 Å². The van der Waals surface area contributed by atoms with Crippen LogP contribution in [0.1, 0.15) is 23.2 Å². The predicted molar refractivity (Wildman–Crippen MR) is 55.0 cm³/mol. The molecular weight excluding hydrogens is 252 g/mol. The zero-order valence-corrected chi connectivity index (χ0v) is 9.26. The molecule has 0 saturated heterocycles. The SMILES string of the molecule is O=C(c1cc(OCC2CC2)ccc1F)C(F)(F)F. The summed E-state index contributed by atoms with van der Waals surface area (Å²) >= 11 is 0. The van der Waals surface area contributed by atoms with Gasteiger partial charge in [0, 0.05) is 0 Å². The Balaban J connectivity index is 2.17. The van der Waals surface area contributed by atoms with Crippen LogP contribution >= 0.6 is 0 Å². The number of carbonyl (C=O) groups excluding carboxylic acids is 1. The second-order valence-corrected chi connectivity index (χ2v) is 4.22. The van der Waals surface area contributed by atoms with Gasteiger partial charge in [-0.05, 0) is 37.0 Å². The molecular formula is C12H10F4O2. The van der Waals surface area contributed by atoms with Crippen LogP contribution in [0.15, 0.2) is 18.2 Å². The summed E-state index contributed by atoms with van der Waals surface area (Å²) in [6, 6.07) is 2.82. The van der Waals surface area contributed by atoms with Crippen molar-refractivity contribution in [2.45, 2.75) is 19.0 Å². The van der Waals surface area contributed by atoms with Crippen molar-refractivity contribution in [1.29, 1.82) is 0 Å². The maximum absolute atomic E-state index is 13.2. The van der Waals surface area contributed by atoms with Gasteiger partial charge in [0.1, 0.15) is 11.6 Å². The van der Waals surface area contributed by atoms with Crippen LogP contribution in [0.4, 0.5) is 17.6 Å². The van der Waals surface area contributed by atoms with E-state index in [1.807, 2.05) is 0 Å². The summed E-state index contributed by atoms with van der Waals surface area (Å²) in [5.74, 6) is -2.90. The van der Waals surface area contributed by atoms with Gasteiger partial charge in [-0.25, -0.2) is 4.39 Å². The molecule has 0 aromatic heterocycles. The molecule has 0 N–H and O–H groups in total. The molecule has 6 heteroatoms. The molecule has 0 atom stereocenters. The van der Waals surface area contributed by atoms with E-state index in [4.69, 9.17) is 4.74 Å². The van der Waals surface area contributed by atoms with Gasteiger partial charge < -0.3 is 4.74 Å². The van der Waals surface area contributed by atoms with Crippen molar-refractivity contribution in [2.24, 2.45) is 5.92 Å². The van der Waals surface area contributed by atoms with Gasteiger partial charge in [-0.2, -0.15) is 13.2 Å². The Bertz CT molecular complexity index is 464. The number of hydrogen-bond acceptors (Lipinski definition) is 2. The molecule has 1 fully saturated rings. The number of ketones is 1. The molecule has 0 unspecified atom stereocenters. The molecule has 2 nitrogen and oxygen atoms in total. The summed E-state index contributed by atoms with van der Waals surface area (Å²) < 4.78 is 55.0. The van der Waals surface area contributed by atoms with Crippen LogP contribution in [-0.2, 0) is 0 Å². The second-order valence-electron chi connectivity index (χ2n) is 4.22. The van der Waals surface area contributed by atoms with Gasteiger partial charge in [-0.15, -0.1) is 0 Å². The van der Waals surface area contributed by atoms with E-state index < -0.39 is 23.3 Å². The number of rotatable bonds is 4. The molecule has 2 rings (SSSR count). The Kier molecular flexibility index (Phi) is 3.28. The molecule has 0 amide bonds. The lowest BCUT2D eigenvalue weighted by molar-refractivity contribution is -0.0887. The van der Waals surface area contributed by atoms with Gasteiger partial charge in [0.2, 0.25) is 0 Å². The van der Waals surface area contributed by atoms with E-state index in [1.165, 1.54) is 6.07 Å². The first kappa shape index (κ1) is 12.9. The zero-order valence-electron chi connectivity index (χ0n) is 9.26. The Morgan fingerprint density at radius 3 is 2.56 bits per heavy atom. The molecule has 1 aromatic rings. The fraction of sp³-hybridized carbons (Fsp3) is 0.417. The van der Waals surface area contributed by atoms with E-state index in [9.17, 15) is 22.4 Å². The monoisotopic (exact) mass is 262 g/mol. The number of alkyl halides is 3. The van der Waals surface area contributed by atoms with Crippen LogP contribution < -0.4 is 4.74 Å². The minimum absolute atomic E-state index is 0.0795. The van der Waals surface area contributed by atoms with Crippen molar-refractivity contribution in [1.82, 2.24) is 0 Å². The van der Waals surface area contributed by atoms with Crippen LogP contribution in [-0.4, -0.2) is 18.6 Å². The normalized spacial score (nSPS) is 15.6. The van der Waals surface area contributed by atoms with Crippen molar-refractivity contribution < 1.29 is 27.1 Å². The predicted octanol–water partition coefficient (Wildman–Crippen LogP) is 3.36. The number of Topliss-reactive ketones (excluding diaryl/α,β-unsaturated/α-hetero) is 1. The Morgan fingerprint density at radius 2 is 2.00 bits per heavy atom. The summed E-state index contributed by atoms with van der Waals surface area (Å²) in [5.41, 5.74) is -1.00. The summed E-state index contributed by atoms with van der Waals surface area (Å²) in [6.45, 7) is 0.380. The molecule has 1 aliphatic carbocycles. The maximum Gasteiger partial charge on any atom is 0.454 e. The average molecular weight is 262 g/mol. The number of benzene rings is 1. The summed E-state index contributed by atoms with van der Waals surface area (Å²) in [4.78, 5) is 11.0. The third kappa shape index (κ3) is 3.00. The largest absolute Gasteiger partial charge is 0.493 e. The second kappa shape index (κ2) is 4.59. The lowest BCUT2D eigenvalue weighted by Gasteiger charge is -2.09. The van der Waals surface area contributed by atoms with Crippen LogP contribution in [0.5, 0.6) is 5.75 Å². The van der Waals surface area contributed by atoms with E-state index in [1.54, 1.807) is 0 Å². The third-order valence-electron chi connectivity index (χ3n) is 2.62. The highest BCUT2D eigenvalue weighted by molar-refractivity contribution is 6.00. The molecule has 0 spiro atoms. The van der Waals surface area contributed by atoms with Crippen molar-refractivity contribution in [2.75, 3.05) is 6.61 Å². The maximum atomic E-state index is 13.2. The lowest BCUT2D eigenvalue weighted by Crippen LogP contribution is -2.23. The molecule has 1 saturated carbocycles. The Morgan fingerprint density at radius 1 is 1.33 bits per heavy atom. The standard InChI is InChI=1S/C12H10F4O2/c13-10-4-3-8(18-6-7-1-2-7)5-9(10)11(17)12(14,15)16/h3-5,7H,1-2,6H2. The highest BCUT2D eigenvalue weighted by Crippen LogP contribution is 2.30. The highest BCUT2D eigenvalue weighted by Gasteiger charge is 2.40. The number of carbonyl (C=O) groups is 1. The zero-order chi connectivity index (χ0) is 13.3. The van der Waals surface area contributed by atoms with Gasteiger partial charge in [-0.1, -0.05) is 0 Å². The van der Waals surface area contributed by atoms with E-state index in [-0.39, 0.29) is 5.75 Å². The minimum Gasteiger partial charge on any atom is -0.493 e. The Labute approximate surface area is 101 Å². The van der Waals surface area contributed by atoms with Gasteiger partial charge in [0.25, 0.3) is 5.78 Å².